The van der Waals surface area contributed by atoms with Gasteiger partial charge in [-0.1, -0.05) is 24.3 Å². The number of halogens is 1. The second-order valence-corrected chi connectivity index (χ2v) is 7.58. The summed E-state index contributed by atoms with van der Waals surface area (Å²) in [6.45, 7) is 0. The number of carbonyl (C=O) groups excluding carboxylic acids is 2. The van der Waals surface area contributed by atoms with Crippen LogP contribution in [0.3, 0.4) is 0 Å². The van der Waals surface area contributed by atoms with Gasteiger partial charge in [0, 0.05) is 12.8 Å². The monoisotopic (exact) mass is 421 g/mol. The van der Waals surface area contributed by atoms with Crippen LogP contribution >= 0.6 is 0 Å². The molecule has 0 unspecified atom stereocenters. The minimum atomic E-state index is -0.322. The number of hydrogen-bond acceptors (Lipinski definition) is 6. The highest BCUT2D eigenvalue weighted by molar-refractivity contribution is 6.18. The molecule has 1 aromatic heterocycles. The van der Waals surface area contributed by atoms with Crippen LogP contribution in [0.15, 0.2) is 48.5 Å². The highest BCUT2D eigenvalue weighted by Gasteiger charge is 2.37. The first-order valence-electron chi connectivity index (χ1n) is 10.0. The Hall–Kier alpha value is -3.75. The third-order valence-electron chi connectivity index (χ3n) is 5.70. The Kier molecular flexibility index (Phi) is 4.65. The van der Waals surface area contributed by atoms with Gasteiger partial charge in [-0.05, 0) is 41.8 Å². The molecule has 0 aliphatic carbocycles. The average Bonchev–Trinajstić information content (AvgIpc) is 3.35. The number of nitrogens with one attached hydrogen (secondary N) is 1. The molecule has 0 spiro atoms. The number of amides is 2. The van der Waals surface area contributed by atoms with Gasteiger partial charge in [-0.15, -0.1) is 5.10 Å². The number of ether oxygens (including phenoxy) is 1. The third kappa shape index (κ3) is 3.41. The number of aromatic nitrogens is 3. The summed E-state index contributed by atoms with van der Waals surface area (Å²) in [6, 6.07) is 13.6. The first-order chi connectivity index (χ1) is 15.0. The topological polar surface area (TPSA) is 89.4 Å². The summed E-state index contributed by atoms with van der Waals surface area (Å²) < 4.78 is 20.4. The molecular weight excluding hydrogens is 401 g/mol. The molecule has 2 aliphatic heterocycles. The van der Waals surface area contributed by atoms with Crippen molar-refractivity contribution in [2.75, 3.05) is 17.3 Å². The molecule has 3 aromatic rings. The van der Waals surface area contributed by atoms with Crippen molar-refractivity contribution in [1.29, 1.82) is 0 Å². The molecule has 2 aliphatic rings. The number of nitrogens with zero attached hydrogens (tertiary/aromatic N) is 4. The van der Waals surface area contributed by atoms with Gasteiger partial charge in [0.05, 0.1) is 19.2 Å². The Morgan fingerprint density at radius 1 is 1.00 bits per heavy atom. The van der Waals surface area contributed by atoms with Gasteiger partial charge in [-0.25, -0.2) is 14.0 Å². The first kappa shape index (κ1) is 19.2. The molecular formula is C22H20FN5O3. The maximum atomic E-state index is 13.5. The number of imide groups is 1. The lowest BCUT2D eigenvalue weighted by Crippen LogP contribution is -2.30. The fourth-order valence-corrected chi connectivity index (χ4v) is 4.08. The molecule has 5 rings (SSSR count). The van der Waals surface area contributed by atoms with Crippen molar-refractivity contribution in [2.24, 2.45) is 0 Å². The van der Waals surface area contributed by atoms with E-state index in [1.807, 2.05) is 24.3 Å². The lowest BCUT2D eigenvalue weighted by molar-refractivity contribution is -0.121. The number of hydrogen-bond donors (Lipinski definition) is 1. The molecule has 3 heterocycles. The minimum Gasteiger partial charge on any atom is -0.497 e. The first-order valence-corrected chi connectivity index (χ1v) is 10.0. The van der Waals surface area contributed by atoms with E-state index in [1.165, 1.54) is 12.1 Å². The standard InChI is InChI=1S/C22H20FN5O3/c1-31-16-8-4-13(5-9-16)17-12-18(14-2-6-15(23)7-3-14)28-21(24-17)25-22(26-28)27-19(29)10-11-20(27)30/h2-9,17-18H,10-12H2,1H3,(H,24,25,26)/t17-,18+/m1/s1. The number of rotatable bonds is 4. The Labute approximate surface area is 177 Å². The summed E-state index contributed by atoms with van der Waals surface area (Å²) in [5.41, 5.74) is 1.88. The van der Waals surface area contributed by atoms with Gasteiger partial charge in [0.25, 0.3) is 5.95 Å². The van der Waals surface area contributed by atoms with E-state index in [1.54, 1.807) is 23.9 Å². The molecule has 1 N–H and O–H groups in total. The van der Waals surface area contributed by atoms with Crippen molar-refractivity contribution < 1.29 is 18.7 Å². The van der Waals surface area contributed by atoms with Crippen LogP contribution in [0.1, 0.15) is 42.5 Å². The number of fused-ring (bicyclic) bond motifs is 1. The van der Waals surface area contributed by atoms with Crippen LogP contribution in [0, 0.1) is 5.82 Å². The maximum Gasteiger partial charge on any atom is 0.260 e. The van der Waals surface area contributed by atoms with Crippen LogP contribution < -0.4 is 15.0 Å². The third-order valence-corrected chi connectivity index (χ3v) is 5.70. The van der Waals surface area contributed by atoms with Crippen LogP contribution in [0.5, 0.6) is 5.75 Å². The number of benzene rings is 2. The van der Waals surface area contributed by atoms with Gasteiger partial charge in [0.15, 0.2) is 0 Å². The molecule has 1 fully saturated rings. The Bertz CT molecular complexity index is 1130. The molecule has 0 bridgehead atoms. The summed E-state index contributed by atoms with van der Waals surface area (Å²) >= 11 is 0. The molecule has 8 nitrogen and oxygen atoms in total. The van der Waals surface area contributed by atoms with Crippen LogP contribution in [-0.2, 0) is 9.59 Å². The van der Waals surface area contributed by atoms with E-state index in [0.717, 1.165) is 21.8 Å². The second-order valence-electron chi connectivity index (χ2n) is 7.58. The van der Waals surface area contributed by atoms with Crippen molar-refractivity contribution in [1.82, 2.24) is 14.8 Å². The van der Waals surface area contributed by atoms with Crippen LogP contribution in [-0.4, -0.2) is 33.7 Å². The van der Waals surface area contributed by atoms with Gasteiger partial charge >= 0.3 is 0 Å². The predicted octanol–water partition coefficient (Wildman–Crippen LogP) is 3.23. The van der Waals surface area contributed by atoms with Crippen LogP contribution in [0.4, 0.5) is 16.3 Å². The van der Waals surface area contributed by atoms with Crippen LogP contribution in [0.25, 0.3) is 0 Å². The molecule has 0 saturated carbocycles. The molecule has 31 heavy (non-hydrogen) atoms. The molecule has 2 aromatic carbocycles. The zero-order valence-corrected chi connectivity index (χ0v) is 16.8. The van der Waals surface area contributed by atoms with Gasteiger partial charge in [0.1, 0.15) is 11.6 Å². The van der Waals surface area contributed by atoms with Gasteiger partial charge < -0.3 is 10.1 Å². The maximum absolute atomic E-state index is 13.5. The van der Waals surface area contributed by atoms with Crippen molar-refractivity contribution >= 4 is 23.7 Å². The van der Waals surface area contributed by atoms with E-state index in [9.17, 15) is 14.0 Å². The summed E-state index contributed by atoms with van der Waals surface area (Å²) in [5.74, 6) is 0.334. The van der Waals surface area contributed by atoms with E-state index in [0.29, 0.717) is 12.4 Å². The summed E-state index contributed by atoms with van der Waals surface area (Å²) in [6.07, 6.45) is 0.938. The number of carbonyl (C=O) groups is 2. The van der Waals surface area contributed by atoms with Crippen molar-refractivity contribution in [3.8, 4) is 5.75 Å². The fraction of sp³-hybridized carbons (Fsp3) is 0.273. The summed E-state index contributed by atoms with van der Waals surface area (Å²) in [4.78, 5) is 29.9. The van der Waals surface area contributed by atoms with Gasteiger partial charge in [-0.3, -0.25) is 9.59 Å². The van der Waals surface area contributed by atoms with E-state index in [2.05, 4.69) is 15.4 Å². The van der Waals surface area contributed by atoms with Gasteiger partial charge in [0.2, 0.25) is 17.8 Å². The minimum absolute atomic E-state index is 0.0671. The lowest BCUT2D eigenvalue weighted by Gasteiger charge is -2.31. The van der Waals surface area contributed by atoms with E-state index < -0.39 is 0 Å². The van der Waals surface area contributed by atoms with Crippen molar-refractivity contribution in [3.63, 3.8) is 0 Å². The van der Waals surface area contributed by atoms with Crippen molar-refractivity contribution in [3.05, 3.63) is 65.5 Å². The Morgan fingerprint density at radius 3 is 2.29 bits per heavy atom. The zero-order chi connectivity index (χ0) is 21.5. The molecule has 9 heteroatoms. The highest BCUT2D eigenvalue weighted by atomic mass is 19.1. The largest absolute Gasteiger partial charge is 0.497 e. The number of anilines is 2. The lowest BCUT2D eigenvalue weighted by atomic mass is 9.93. The highest BCUT2D eigenvalue weighted by Crippen LogP contribution is 2.39. The summed E-state index contributed by atoms with van der Waals surface area (Å²) in [7, 11) is 1.61. The molecule has 1 saturated heterocycles. The quantitative estimate of drug-likeness (QED) is 0.651. The predicted molar refractivity (Wildman–Crippen MR) is 110 cm³/mol. The zero-order valence-electron chi connectivity index (χ0n) is 16.8. The Morgan fingerprint density at radius 2 is 1.65 bits per heavy atom. The van der Waals surface area contributed by atoms with E-state index in [4.69, 9.17) is 4.74 Å². The fourth-order valence-electron chi connectivity index (χ4n) is 4.08. The second kappa shape index (κ2) is 7.50. The molecule has 2 amide bonds. The average molecular weight is 421 g/mol. The van der Waals surface area contributed by atoms with Crippen LogP contribution in [0.2, 0.25) is 0 Å². The summed E-state index contributed by atoms with van der Waals surface area (Å²) in [5, 5.41) is 7.84. The van der Waals surface area contributed by atoms with Crippen molar-refractivity contribution in [2.45, 2.75) is 31.3 Å². The normalized spacial score (nSPS) is 20.5. The number of methoxy groups -OCH3 is 1. The SMILES string of the molecule is COc1ccc([C@H]2C[C@@H](c3ccc(F)cc3)n3nc(N4C(=O)CCC4=O)nc3N2)cc1. The molecule has 2 atom stereocenters. The molecule has 0 radical (unpaired) electrons. The Balaban J connectivity index is 1.55. The smallest absolute Gasteiger partial charge is 0.260 e. The van der Waals surface area contributed by atoms with E-state index >= 15 is 0 Å². The van der Waals surface area contributed by atoms with E-state index in [-0.39, 0.29) is 48.5 Å². The van der Waals surface area contributed by atoms with Gasteiger partial charge in [-0.2, -0.15) is 4.98 Å². The molecule has 158 valence electrons.